The van der Waals surface area contributed by atoms with Crippen molar-refractivity contribution in [1.29, 1.82) is 0 Å². The Labute approximate surface area is 145 Å². The van der Waals surface area contributed by atoms with Crippen LogP contribution in [-0.2, 0) is 19.1 Å². The van der Waals surface area contributed by atoms with E-state index in [1.807, 2.05) is 30.3 Å². The zero-order chi connectivity index (χ0) is 17.4. The molecule has 1 heterocycles. The third kappa shape index (κ3) is 5.88. The summed E-state index contributed by atoms with van der Waals surface area (Å²) in [5.74, 6) is -0.460. The standard InChI is InChI=1S/C17H22N2O4S/c18-17(22)13-6-9-19(10-7-13)15(20)12-23-16(21)8-11-24-14-4-2-1-3-5-14/h1-5,13H,6-12H2,(H2,18,22). The molecule has 6 nitrogen and oxygen atoms in total. The van der Waals surface area contributed by atoms with Gasteiger partial charge in [0.1, 0.15) is 0 Å². The average Bonchev–Trinajstić information content (AvgIpc) is 2.60. The summed E-state index contributed by atoms with van der Waals surface area (Å²) in [6.07, 6.45) is 1.40. The zero-order valence-electron chi connectivity index (χ0n) is 13.5. The van der Waals surface area contributed by atoms with Crippen molar-refractivity contribution in [1.82, 2.24) is 4.90 Å². The second-order valence-electron chi connectivity index (χ2n) is 5.63. The Balaban J connectivity index is 1.61. The van der Waals surface area contributed by atoms with Crippen LogP contribution in [0.1, 0.15) is 19.3 Å². The summed E-state index contributed by atoms with van der Waals surface area (Å²) in [6.45, 7) is 0.720. The fourth-order valence-corrected chi connectivity index (χ4v) is 3.34. The van der Waals surface area contributed by atoms with Crippen molar-refractivity contribution in [2.75, 3.05) is 25.4 Å². The van der Waals surface area contributed by atoms with E-state index in [4.69, 9.17) is 10.5 Å². The van der Waals surface area contributed by atoms with Crippen LogP contribution in [0, 0.1) is 5.92 Å². The first-order chi connectivity index (χ1) is 11.6. The van der Waals surface area contributed by atoms with Crippen molar-refractivity contribution < 1.29 is 19.1 Å². The molecular formula is C17H22N2O4S. The fourth-order valence-electron chi connectivity index (χ4n) is 2.49. The van der Waals surface area contributed by atoms with Crippen LogP contribution in [0.5, 0.6) is 0 Å². The van der Waals surface area contributed by atoms with Gasteiger partial charge in [0.25, 0.3) is 5.91 Å². The van der Waals surface area contributed by atoms with Crippen LogP contribution in [0.25, 0.3) is 0 Å². The molecule has 1 aromatic carbocycles. The van der Waals surface area contributed by atoms with E-state index in [9.17, 15) is 14.4 Å². The van der Waals surface area contributed by atoms with Crippen molar-refractivity contribution in [3.8, 4) is 0 Å². The van der Waals surface area contributed by atoms with Gasteiger partial charge in [-0.3, -0.25) is 14.4 Å². The van der Waals surface area contributed by atoms with Crippen molar-refractivity contribution in [3.63, 3.8) is 0 Å². The third-order valence-corrected chi connectivity index (χ3v) is 4.94. The number of benzene rings is 1. The molecule has 1 aliphatic heterocycles. The molecule has 0 spiro atoms. The second-order valence-corrected chi connectivity index (χ2v) is 6.80. The molecule has 0 bridgehead atoms. The second kappa shape index (κ2) is 9.32. The van der Waals surface area contributed by atoms with Crippen LogP contribution in [0.15, 0.2) is 35.2 Å². The Morgan fingerprint density at radius 1 is 1.17 bits per heavy atom. The number of likely N-dealkylation sites (tertiary alicyclic amines) is 1. The predicted molar refractivity (Wildman–Crippen MR) is 91.2 cm³/mol. The highest BCUT2D eigenvalue weighted by Gasteiger charge is 2.26. The van der Waals surface area contributed by atoms with E-state index in [0.717, 1.165) is 4.90 Å². The number of ether oxygens (including phenoxy) is 1. The van der Waals surface area contributed by atoms with E-state index < -0.39 is 0 Å². The monoisotopic (exact) mass is 350 g/mol. The highest BCUT2D eigenvalue weighted by atomic mass is 32.2. The molecule has 2 amide bonds. The first kappa shape index (κ1) is 18.3. The van der Waals surface area contributed by atoms with Gasteiger partial charge in [-0.15, -0.1) is 11.8 Å². The lowest BCUT2D eigenvalue weighted by atomic mass is 9.96. The summed E-state index contributed by atoms with van der Waals surface area (Å²) in [5, 5.41) is 0. The first-order valence-electron chi connectivity index (χ1n) is 7.97. The molecule has 2 N–H and O–H groups in total. The first-order valence-corrected chi connectivity index (χ1v) is 8.95. The molecule has 0 aliphatic carbocycles. The molecule has 7 heteroatoms. The van der Waals surface area contributed by atoms with E-state index in [2.05, 4.69) is 0 Å². The topological polar surface area (TPSA) is 89.7 Å². The van der Waals surface area contributed by atoms with E-state index in [1.165, 1.54) is 0 Å². The number of hydrogen-bond donors (Lipinski definition) is 1. The van der Waals surface area contributed by atoms with Gasteiger partial charge in [-0.2, -0.15) is 0 Å². The molecule has 0 radical (unpaired) electrons. The van der Waals surface area contributed by atoms with E-state index in [-0.39, 0.29) is 36.7 Å². The average molecular weight is 350 g/mol. The van der Waals surface area contributed by atoms with Gasteiger partial charge in [0.15, 0.2) is 6.61 Å². The number of hydrogen-bond acceptors (Lipinski definition) is 5. The Morgan fingerprint density at radius 3 is 2.46 bits per heavy atom. The number of amides is 2. The number of nitrogens with zero attached hydrogens (tertiary/aromatic N) is 1. The van der Waals surface area contributed by atoms with Gasteiger partial charge in [-0.1, -0.05) is 18.2 Å². The molecule has 1 saturated heterocycles. The number of esters is 1. The molecule has 0 aromatic heterocycles. The van der Waals surface area contributed by atoms with Crippen molar-refractivity contribution in [2.24, 2.45) is 11.7 Å². The summed E-state index contributed by atoms with van der Waals surface area (Å²) >= 11 is 1.57. The maximum atomic E-state index is 12.0. The quantitative estimate of drug-likeness (QED) is 0.594. The molecule has 0 atom stereocenters. The number of nitrogens with two attached hydrogens (primary N) is 1. The minimum Gasteiger partial charge on any atom is -0.456 e. The van der Waals surface area contributed by atoms with Crippen LogP contribution >= 0.6 is 11.8 Å². The summed E-state index contributed by atoms with van der Waals surface area (Å²) in [5.41, 5.74) is 5.26. The maximum absolute atomic E-state index is 12.0. The lowest BCUT2D eigenvalue weighted by Crippen LogP contribution is -2.43. The van der Waals surface area contributed by atoms with E-state index in [0.29, 0.717) is 31.7 Å². The maximum Gasteiger partial charge on any atom is 0.307 e. The van der Waals surface area contributed by atoms with Crippen LogP contribution in [0.4, 0.5) is 0 Å². The van der Waals surface area contributed by atoms with Crippen LogP contribution in [-0.4, -0.2) is 48.1 Å². The fraction of sp³-hybridized carbons (Fsp3) is 0.471. The lowest BCUT2D eigenvalue weighted by molar-refractivity contribution is -0.152. The van der Waals surface area contributed by atoms with Gasteiger partial charge in [0.2, 0.25) is 5.91 Å². The summed E-state index contributed by atoms with van der Waals surface area (Å²) in [6, 6.07) is 9.79. The molecule has 1 aliphatic rings. The lowest BCUT2D eigenvalue weighted by Gasteiger charge is -2.30. The SMILES string of the molecule is NC(=O)C1CCN(C(=O)COC(=O)CCSc2ccccc2)CC1. The normalized spacial score (nSPS) is 15.1. The van der Waals surface area contributed by atoms with E-state index in [1.54, 1.807) is 16.7 Å². The molecular weight excluding hydrogens is 328 g/mol. The Hall–Kier alpha value is -2.02. The van der Waals surface area contributed by atoms with Gasteiger partial charge >= 0.3 is 5.97 Å². The van der Waals surface area contributed by atoms with Gasteiger partial charge in [0.05, 0.1) is 6.42 Å². The highest BCUT2D eigenvalue weighted by Crippen LogP contribution is 2.18. The Kier molecular flexibility index (Phi) is 7.11. The number of carbonyl (C=O) groups is 3. The summed E-state index contributed by atoms with van der Waals surface area (Å²) in [4.78, 5) is 37.5. The molecule has 0 unspecified atom stereocenters. The molecule has 1 aromatic rings. The van der Waals surface area contributed by atoms with Gasteiger partial charge in [-0.05, 0) is 25.0 Å². The molecule has 130 valence electrons. The summed E-state index contributed by atoms with van der Waals surface area (Å²) in [7, 11) is 0. The smallest absolute Gasteiger partial charge is 0.307 e. The predicted octanol–water partition coefficient (Wildman–Crippen LogP) is 1.44. The van der Waals surface area contributed by atoms with Gasteiger partial charge < -0.3 is 15.4 Å². The molecule has 2 rings (SSSR count). The third-order valence-electron chi connectivity index (χ3n) is 3.92. The van der Waals surface area contributed by atoms with Crippen molar-refractivity contribution >= 4 is 29.5 Å². The van der Waals surface area contributed by atoms with Gasteiger partial charge in [0, 0.05) is 29.7 Å². The molecule has 24 heavy (non-hydrogen) atoms. The van der Waals surface area contributed by atoms with Crippen LogP contribution in [0.3, 0.4) is 0 Å². The minimum absolute atomic E-state index is 0.161. The number of primary amides is 1. The highest BCUT2D eigenvalue weighted by molar-refractivity contribution is 7.99. The number of piperidine rings is 1. The van der Waals surface area contributed by atoms with E-state index >= 15 is 0 Å². The minimum atomic E-state index is -0.376. The zero-order valence-corrected chi connectivity index (χ0v) is 14.3. The Morgan fingerprint density at radius 2 is 1.83 bits per heavy atom. The summed E-state index contributed by atoms with van der Waals surface area (Å²) < 4.78 is 5.03. The van der Waals surface area contributed by atoms with Crippen molar-refractivity contribution in [3.05, 3.63) is 30.3 Å². The Bertz CT molecular complexity index is 571. The largest absolute Gasteiger partial charge is 0.456 e. The number of carbonyl (C=O) groups excluding carboxylic acids is 3. The molecule has 1 fully saturated rings. The van der Waals surface area contributed by atoms with Crippen LogP contribution in [0.2, 0.25) is 0 Å². The van der Waals surface area contributed by atoms with Crippen molar-refractivity contribution in [2.45, 2.75) is 24.2 Å². The molecule has 0 saturated carbocycles. The van der Waals surface area contributed by atoms with Crippen LogP contribution < -0.4 is 5.73 Å². The number of thioether (sulfide) groups is 1. The van der Waals surface area contributed by atoms with Gasteiger partial charge in [-0.25, -0.2) is 0 Å². The number of rotatable bonds is 7.